The molecule has 2 N–H and O–H groups in total. The minimum Gasteiger partial charge on any atom is -0.351 e. The Kier molecular flexibility index (Phi) is 4.81. The highest BCUT2D eigenvalue weighted by Gasteiger charge is 2.61. The average molecular weight is 468 g/mol. The first-order valence-electron chi connectivity index (χ1n) is 11.5. The number of nitrogens with one attached hydrogen (secondary N) is 2. The number of aromatic nitrogens is 2. The number of hydrogen-bond donors (Lipinski definition) is 2. The molecule has 0 bridgehead atoms. The molecule has 1 aromatic carbocycles. The Morgan fingerprint density at radius 2 is 2.18 bits per heavy atom. The van der Waals surface area contributed by atoms with Crippen molar-refractivity contribution in [1.29, 1.82) is 0 Å². The van der Waals surface area contributed by atoms with Gasteiger partial charge in [-0.1, -0.05) is 12.8 Å². The molecule has 1 saturated heterocycles. The van der Waals surface area contributed by atoms with Gasteiger partial charge < -0.3 is 20.1 Å². The fourth-order valence-electron chi connectivity index (χ4n) is 5.45. The fourth-order valence-corrected chi connectivity index (χ4v) is 6.58. The van der Waals surface area contributed by atoms with Gasteiger partial charge in [0, 0.05) is 41.8 Å². The second-order valence-corrected chi connectivity index (χ2v) is 10.6. The number of likely N-dealkylation sites (N-methyl/N-ethyl adjacent to an activating group) is 1. The number of hydrogen-bond acceptors (Lipinski definition) is 5. The van der Waals surface area contributed by atoms with Gasteiger partial charge in [-0.2, -0.15) is 0 Å². The predicted octanol–water partition coefficient (Wildman–Crippen LogP) is 3.32. The van der Waals surface area contributed by atoms with Crippen molar-refractivity contribution in [3.63, 3.8) is 0 Å². The molecule has 7 nitrogen and oxygen atoms in total. The van der Waals surface area contributed by atoms with Crippen molar-refractivity contribution in [2.75, 3.05) is 20.1 Å². The van der Waals surface area contributed by atoms with E-state index in [-0.39, 0.29) is 29.2 Å². The molecule has 4 heterocycles. The Hall–Kier alpha value is -2.78. The molecule has 2 aromatic heterocycles. The van der Waals surface area contributed by atoms with Gasteiger partial charge in [0.1, 0.15) is 11.5 Å². The van der Waals surface area contributed by atoms with E-state index in [1.165, 1.54) is 28.3 Å². The van der Waals surface area contributed by atoms with Crippen LogP contribution in [0.2, 0.25) is 0 Å². The Morgan fingerprint density at radius 1 is 1.30 bits per heavy atom. The van der Waals surface area contributed by atoms with E-state index in [1.807, 2.05) is 4.90 Å². The van der Waals surface area contributed by atoms with Gasteiger partial charge in [0.2, 0.25) is 0 Å². The first kappa shape index (κ1) is 20.8. The van der Waals surface area contributed by atoms with E-state index in [0.717, 1.165) is 56.4 Å². The van der Waals surface area contributed by atoms with Crippen molar-refractivity contribution >= 4 is 34.1 Å². The maximum absolute atomic E-state index is 13.5. The van der Waals surface area contributed by atoms with Crippen LogP contribution in [-0.2, 0) is 13.0 Å². The molecule has 1 aliphatic carbocycles. The third-order valence-electron chi connectivity index (χ3n) is 7.35. The third kappa shape index (κ3) is 3.54. The summed E-state index contributed by atoms with van der Waals surface area (Å²) in [6, 6.07) is 5.99. The van der Waals surface area contributed by atoms with Crippen molar-refractivity contribution < 1.29 is 14.0 Å². The molecule has 6 rings (SSSR count). The van der Waals surface area contributed by atoms with Gasteiger partial charge in [-0.3, -0.25) is 9.59 Å². The smallest absolute Gasteiger partial charge is 0.283 e. The minimum atomic E-state index is -0.331. The number of fused-ring (bicyclic) bond motifs is 2. The zero-order valence-electron chi connectivity index (χ0n) is 18.5. The molecule has 33 heavy (non-hydrogen) atoms. The summed E-state index contributed by atoms with van der Waals surface area (Å²) in [6.45, 7) is 2.46. The highest BCUT2D eigenvalue weighted by atomic mass is 32.1. The predicted molar refractivity (Wildman–Crippen MR) is 124 cm³/mol. The number of nitrogens with zero attached hydrogens (tertiary/aromatic N) is 3. The van der Waals surface area contributed by atoms with Gasteiger partial charge in [0.15, 0.2) is 5.01 Å². The minimum absolute atomic E-state index is 0.0145. The van der Waals surface area contributed by atoms with Crippen molar-refractivity contribution in [2.45, 2.75) is 50.2 Å². The summed E-state index contributed by atoms with van der Waals surface area (Å²) in [5.74, 6) is -0.563. The van der Waals surface area contributed by atoms with Crippen LogP contribution in [0.1, 0.15) is 56.5 Å². The summed E-state index contributed by atoms with van der Waals surface area (Å²) in [6.07, 6.45) is 4.66. The van der Waals surface area contributed by atoms with Crippen LogP contribution < -0.4 is 5.32 Å². The van der Waals surface area contributed by atoms with E-state index in [9.17, 15) is 14.0 Å². The van der Waals surface area contributed by atoms with Gasteiger partial charge in [-0.25, -0.2) is 9.37 Å². The molecule has 3 aromatic rings. The van der Waals surface area contributed by atoms with Crippen molar-refractivity contribution in [2.24, 2.45) is 0 Å². The van der Waals surface area contributed by atoms with E-state index < -0.39 is 0 Å². The number of halogens is 1. The van der Waals surface area contributed by atoms with Gasteiger partial charge in [0.05, 0.1) is 17.3 Å². The fraction of sp³-hybridized carbons (Fsp3) is 0.458. The van der Waals surface area contributed by atoms with Crippen LogP contribution in [0.25, 0.3) is 10.9 Å². The number of aromatic amines is 1. The van der Waals surface area contributed by atoms with Gasteiger partial charge in [-0.05, 0) is 44.2 Å². The highest BCUT2D eigenvalue weighted by molar-refractivity contribution is 7.13. The summed E-state index contributed by atoms with van der Waals surface area (Å²) < 4.78 is 13.5. The molecular formula is C24H26FN5O2S. The maximum Gasteiger partial charge on any atom is 0.283 e. The molecular weight excluding hydrogens is 441 g/mol. The Morgan fingerprint density at radius 3 is 3.06 bits per heavy atom. The van der Waals surface area contributed by atoms with Crippen molar-refractivity contribution in [3.05, 3.63) is 51.4 Å². The van der Waals surface area contributed by atoms with E-state index in [1.54, 1.807) is 12.1 Å². The average Bonchev–Trinajstić information content (AvgIpc) is 3.14. The van der Waals surface area contributed by atoms with E-state index in [2.05, 4.69) is 27.2 Å². The SMILES string of the molecule is CN1CCc2nc(C(=O)N3C[C@@]34CCCC[C@@H]4NC(=O)c3cc4cc(F)ccc4[nH]3)sc2C1. The van der Waals surface area contributed by atoms with Crippen LogP contribution in [0.4, 0.5) is 4.39 Å². The van der Waals surface area contributed by atoms with Crippen LogP contribution in [0, 0.1) is 5.82 Å². The van der Waals surface area contributed by atoms with Gasteiger partial charge >= 0.3 is 0 Å². The Bertz CT molecular complexity index is 1270. The summed E-state index contributed by atoms with van der Waals surface area (Å²) in [7, 11) is 2.09. The number of rotatable bonds is 3. The number of carbonyl (C=O) groups is 2. The van der Waals surface area contributed by atoms with Crippen molar-refractivity contribution in [1.82, 2.24) is 25.1 Å². The molecule has 9 heteroatoms. The van der Waals surface area contributed by atoms with E-state index >= 15 is 0 Å². The number of thiazole rings is 1. The molecule has 2 atom stereocenters. The quantitative estimate of drug-likeness (QED) is 0.579. The third-order valence-corrected chi connectivity index (χ3v) is 8.42. The van der Waals surface area contributed by atoms with Gasteiger partial charge in [-0.15, -0.1) is 11.3 Å². The number of H-pyrrole nitrogens is 1. The first-order valence-corrected chi connectivity index (χ1v) is 12.3. The maximum atomic E-state index is 13.5. The lowest BCUT2D eigenvalue weighted by Crippen LogP contribution is -2.50. The van der Waals surface area contributed by atoms with Crippen LogP contribution in [-0.4, -0.2) is 63.3 Å². The Balaban J connectivity index is 1.20. The number of amides is 2. The first-order chi connectivity index (χ1) is 15.9. The molecule has 1 saturated carbocycles. The molecule has 172 valence electrons. The molecule has 2 amide bonds. The van der Waals surface area contributed by atoms with Crippen molar-refractivity contribution in [3.8, 4) is 0 Å². The largest absolute Gasteiger partial charge is 0.351 e. The normalized spacial score (nSPS) is 24.8. The second kappa shape index (κ2) is 7.63. The lowest BCUT2D eigenvalue weighted by atomic mass is 9.83. The van der Waals surface area contributed by atoms with Crippen LogP contribution in [0.5, 0.6) is 0 Å². The molecule has 0 radical (unpaired) electrons. The summed E-state index contributed by atoms with van der Waals surface area (Å²) in [5, 5.41) is 4.41. The second-order valence-electron chi connectivity index (χ2n) is 9.56. The van der Waals surface area contributed by atoms with E-state index in [4.69, 9.17) is 0 Å². The zero-order chi connectivity index (χ0) is 22.7. The molecule has 3 aliphatic rings. The number of benzene rings is 1. The molecule has 2 fully saturated rings. The topological polar surface area (TPSA) is 81.1 Å². The highest BCUT2D eigenvalue weighted by Crippen LogP contribution is 2.46. The summed E-state index contributed by atoms with van der Waals surface area (Å²) >= 11 is 1.51. The summed E-state index contributed by atoms with van der Waals surface area (Å²) in [4.78, 5) is 39.5. The van der Waals surface area contributed by atoms with E-state index in [0.29, 0.717) is 22.6 Å². The van der Waals surface area contributed by atoms with Crippen LogP contribution >= 0.6 is 11.3 Å². The van der Waals surface area contributed by atoms with Gasteiger partial charge in [0.25, 0.3) is 11.8 Å². The lowest BCUT2D eigenvalue weighted by Gasteiger charge is -2.32. The summed E-state index contributed by atoms with van der Waals surface area (Å²) in [5.41, 5.74) is 1.86. The monoisotopic (exact) mass is 467 g/mol. The lowest BCUT2D eigenvalue weighted by molar-refractivity contribution is 0.0792. The zero-order valence-corrected chi connectivity index (χ0v) is 19.3. The van der Waals surface area contributed by atoms with Crippen LogP contribution in [0.15, 0.2) is 24.3 Å². The molecule has 1 spiro atoms. The molecule has 0 unspecified atom stereocenters. The molecule has 2 aliphatic heterocycles. The standard InChI is InChI=1S/C24H26FN5O2S/c1-29-9-7-17-19(12-29)33-22(27-17)23(32)30-13-24(30)8-3-2-4-20(24)28-21(31)18-11-14-10-15(25)5-6-16(14)26-18/h5-6,10-11,20,26H,2-4,7-9,12-13H2,1H3,(H,28,31)/t20-,24+,30?/m0/s1. The Labute approximate surface area is 195 Å². The van der Waals surface area contributed by atoms with Crippen LogP contribution in [0.3, 0.4) is 0 Å². The number of carbonyl (C=O) groups excluding carboxylic acids is 2.